The second-order valence-corrected chi connectivity index (χ2v) is 4.90. The average Bonchev–Trinajstić information content (AvgIpc) is 2.81. The van der Waals surface area contributed by atoms with Gasteiger partial charge in [-0.2, -0.15) is 0 Å². The van der Waals surface area contributed by atoms with Crippen molar-refractivity contribution in [3.8, 4) is 11.4 Å². The lowest BCUT2D eigenvalue weighted by Gasteiger charge is -2.05. The summed E-state index contributed by atoms with van der Waals surface area (Å²) in [6.45, 7) is 1.71. The van der Waals surface area contributed by atoms with Crippen LogP contribution in [0, 0.1) is 12.7 Å². The molecule has 3 aromatic rings. The Balaban J connectivity index is 2.28. The number of nitrogen functional groups attached to an aromatic ring is 1. The van der Waals surface area contributed by atoms with Crippen LogP contribution in [-0.4, -0.2) is 9.97 Å². The molecule has 0 fully saturated rings. The van der Waals surface area contributed by atoms with Crippen molar-refractivity contribution in [3.63, 3.8) is 0 Å². The van der Waals surface area contributed by atoms with Crippen LogP contribution in [0.5, 0.6) is 0 Å². The smallest absolute Gasteiger partial charge is 0.166 e. The molecule has 0 radical (unpaired) electrons. The fourth-order valence-electron chi connectivity index (χ4n) is 1.82. The molecular formula is C13H10FN3S. The SMILES string of the molecule is Cc1cccc(-c2nc(N)c3ccsc3n2)c1F. The summed E-state index contributed by atoms with van der Waals surface area (Å²) in [4.78, 5) is 9.31. The van der Waals surface area contributed by atoms with E-state index in [2.05, 4.69) is 9.97 Å². The third kappa shape index (κ3) is 1.64. The summed E-state index contributed by atoms with van der Waals surface area (Å²) in [5.41, 5.74) is 6.82. The summed E-state index contributed by atoms with van der Waals surface area (Å²) < 4.78 is 14.0. The number of benzene rings is 1. The number of nitrogens with two attached hydrogens (primary N) is 1. The van der Waals surface area contributed by atoms with Gasteiger partial charge in [0.15, 0.2) is 5.82 Å². The summed E-state index contributed by atoms with van der Waals surface area (Å²) in [7, 11) is 0. The molecule has 3 rings (SSSR count). The van der Waals surface area contributed by atoms with E-state index in [0.717, 1.165) is 10.2 Å². The van der Waals surface area contributed by atoms with Crippen molar-refractivity contribution < 1.29 is 4.39 Å². The third-order valence-corrected chi connectivity index (χ3v) is 3.59. The fraction of sp³-hybridized carbons (Fsp3) is 0.0769. The maximum absolute atomic E-state index is 14.0. The highest BCUT2D eigenvalue weighted by molar-refractivity contribution is 7.16. The van der Waals surface area contributed by atoms with Gasteiger partial charge < -0.3 is 5.73 Å². The summed E-state index contributed by atoms with van der Waals surface area (Å²) in [5, 5.41) is 2.71. The summed E-state index contributed by atoms with van der Waals surface area (Å²) in [5.74, 6) is 0.425. The zero-order valence-electron chi connectivity index (χ0n) is 9.64. The molecule has 2 aromatic heterocycles. The molecule has 0 aliphatic heterocycles. The van der Waals surface area contributed by atoms with Crippen LogP contribution in [0.2, 0.25) is 0 Å². The minimum absolute atomic E-state index is 0.298. The highest BCUT2D eigenvalue weighted by atomic mass is 32.1. The predicted octanol–water partition coefficient (Wildman–Crippen LogP) is 3.39. The first-order chi connectivity index (χ1) is 8.66. The maximum atomic E-state index is 14.0. The lowest BCUT2D eigenvalue weighted by molar-refractivity contribution is 0.621. The molecule has 18 heavy (non-hydrogen) atoms. The first-order valence-corrected chi connectivity index (χ1v) is 6.31. The van der Waals surface area contributed by atoms with Crippen molar-refractivity contribution in [2.75, 3.05) is 5.73 Å². The molecule has 5 heteroatoms. The second kappa shape index (κ2) is 4.03. The molecule has 0 saturated carbocycles. The molecule has 1 aromatic carbocycles. The monoisotopic (exact) mass is 259 g/mol. The summed E-state index contributed by atoms with van der Waals surface area (Å²) >= 11 is 1.47. The summed E-state index contributed by atoms with van der Waals surface area (Å²) in [6, 6.07) is 7.03. The Hall–Kier alpha value is -2.01. The Morgan fingerprint density at radius 2 is 2.06 bits per heavy atom. The van der Waals surface area contributed by atoms with E-state index in [4.69, 9.17) is 5.73 Å². The van der Waals surface area contributed by atoms with E-state index in [1.54, 1.807) is 25.1 Å². The highest BCUT2D eigenvalue weighted by Gasteiger charge is 2.13. The largest absolute Gasteiger partial charge is 0.383 e. The standard InChI is InChI=1S/C13H10FN3S/c1-7-3-2-4-8(10(7)14)12-16-11(15)9-5-6-18-13(9)17-12/h2-6H,1H3,(H2,15,16,17). The van der Waals surface area contributed by atoms with Gasteiger partial charge in [-0.25, -0.2) is 14.4 Å². The van der Waals surface area contributed by atoms with E-state index in [9.17, 15) is 4.39 Å². The van der Waals surface area contributed by atoms with Crippen LogP contribution in [0.1, 0.15) is 5.56 Å². The van der Waals surface area contributed by atoms with Crippen molar-refractivity contribution >= 4 is 27.4 Å². The molecule has 2 N–H and O–H groups in total. The number of fused-ring (bicyclic) bond motifs is 1. The maximum Gasteiger partial charge on any atom is 0.166 e. The van der Waals surface area contributed by atoms with Gasteiger partial charge in [-0.15, -0.1) is 11.3 Å². The molecule has 0 unspecified atom stereocenters. The van der Waals surface area contributed by atoms with Crippen LogP contribution >= 0.6 is 11.3 Å². The molecule has 0 saturated heterocycles. The van der Waals surface area contributed by atoms with E-state index in [0.29, 0.717) is 22.8 Å². The van der Waals surface area contributed by atoms with Gasteiger partial charge in [-0.05, 0) is 30.0 Å². The molecule has 0 atom stereocenters. The predicted molar refractivity (Wildman–Crippen MR) is 72.0 cm³/mol. The quantitative estimate of drug-likeness (QED) is 0.728. The molecule has 0 aliphatic carbocycles. The van der Waals surface area contributed by atoms with Gasteiger partial charge in [0, 0.05) is 0 Å². The van der Waals surface area contributed by atoms with Crippen LogP contribution in [0.4, 0.5) is 10.2 Å². The van der Waals surface area contributed by atoms with Crippen LogP contribution in [0.15, 0.2) is 29.6 Å². The number of nitrogens with zero attached hydrogens (tertiary/aromatic N) is 2. The minimum atomic E-state index is -0.298. The van der Waals surface area contributed by atoms with Crippen molar-refractivity contribution in [1.29, 1.82) is 0 Å². The van der Waals surface area contributed by atoms with Crippen LogP contribution < -0.4 is 5.73 Å². The molecule has 0 spiro atoms. The Morgan fingerprint density at radius 3 is 2.89 bits per heavy atom. The van der Waals surface area contributed by atoms with E-state index in [1.807, 2.05) is 11.4 Å². The van der Waals surface area contributed by atoms with Gasteiger partial charge >= 0.3 is 0 Å². The zero-order valence-corrected chi connectivity index (χ0v) is 10.5. The Kier molecular flexibility index (Phi) is 2.48. The average molecular weight is 259 g/mol. The van der Waals surface area contributed by atoms with Crippen molar-refractivity contribution in [1.82, 2.24) is 9.97 Å². The highest BCUT2D eigenvalue weighted by Crippen LogP contribution is 2.28. The van der Waals surface area contributed by atoms with Crippen LogP contribution in [0.25, 0.3) is 21.6 Å². The van der Waals surface area contributed by atoms with E-state index < -0.39 is 0 Å². The molecule has 0 amide bonds. The number of thiophene rings is 1. The van der Waals surface area contributed by atoms with Crippen LogP contribution in [-0.2, 0) is 0 Å². The first-order valence-electron chi connectivity index (χ1n) is 5.43. The van der Waals surface area contributed by atoms with Gasteiger partial charge in [-0.3, -0.25) is 0 Å². The topological polar surface area (TPSA) is 51.8 Å². The molecule has 3 nitrogen and oxygen atoms in total. The normalized spacial score (nSPS) is 11.0. The number of aryl methyl sites for hydroxylation is 1. The first kappa shape index (κ1) is 11.1. The number of rotatable bonds is 1. The van der Waals surface area contributed by atoms with Gasteiger partial charge in [0.25, 0.3) is 0 Å². The van der Waals surface area contributed by atoms with E-state index in [-0.39, 0.29) is 5.82 Å². The lowest BCUT2D eigenvalue weighted by atomic mass is 10.1. The number of hydrogen-bond acceptors (Lipinski definition) is 4. The third-order valence-electron chi connectivity index (χ3n) is 2.79. The lowest BCUT2D eigenvalue weighted by Crippen LogP contribution is -1.98. The van der Waals surface area contributed by atoms with E-state index >= 15 is 0 Å². The second-order valence-electron chi connectivity index (χ2n) is 4.01. The van der Waals surface area contributed by atoms with Crippen LogP contribution in [0.3, 0.4) is 0 Å². The van der Waals surface area contributed by atoms with Crippen molar-refractivity contribution in [2.24, 2.45) is 0 Å². The molecule has 90 valence electrons. The van der Waals surface area contributed by atoms with Gasteiger partial charge in [0.05, 0.1) is 10.9 Å². The number of aromatic nitrogens is 2. The number of anilines is 1. The van der Waals surface area contributed by atoms with E-state index in [1.165, 1.54) is 11.3 Å². The Labute approximate surface area is 107 Å². The van der Waals surface area contributed by atoms with Crippen molar-refractivity contribution in [3.05, 3.63) is 41.0 Å². The number of hydrogen-bond donors (Lipinski definition) is 1. The molecule has 0 aliphatic rings. The summed E-state index contributed by atoms with van der Waals surface area (Å²) in [6.07, 6.45) is 0. The molecule has 0 bridgehead atoms. The Bertz CT molecular complexity index is 736. The Morgan fingerprint density at radius 1 is 1.22 bits per heavy atom. The van der Waals surface area contributed by atoms with Gasteiger partial charge in [-0.1, -0.05) is 12.1 Å². The minimum Gasteiger partial charge on any atom is -0.383 e. The molecule has 2 heterocycles. The number of halogens is 1. The molecular weight excluding hydrogens is 249 g/mol. The zero-order chi connectivity index (χ0) is 12.7. The van der Waals surface area contributed by atoms with Gasteiger partial charge in [0.1, 0.15) is 16.5 Å². The fourth-order valence-corrected chi connectivity index (χ4v) is 2.59. The van der Waals surface area contributed by atoms with Crippen molar-refractivity contribution in [2.45, 2.75) is 6.92 Å². The van der Waals surface area contributed by atoms with Gasteiger partial charge in [0.2, 0.25) is 0 Å².